The Hall–Kier alpha value is -1.93. The predicted octanol–water partition coefficient (Wildman–Crippen LogP) is 0.173. The van der Waals surface area contributed by atoms with Crippen LogP contribution in [0.3, 0.4) is 0 Å². The van der Waals surface area contributed by atoms with Crippen LogP contribution in [-0.4, -0.2) is 38.8 Å². The predicted molar refractivity (Wildman–Crippen MR) is 66.5 cm³/mol. The number of benzene rings is 1. The second-order valence-corrected chi connectivity index (χ2v) is 6.06. The molecule has 0 radical (unpaired) electrons. The fourth-order valence-electron chi connectivity index (χ4n) is 1.42. The third kappa shape index (κ3) is 3.52. The van der Waals surface area contributed by atoms with Crippen molar-refractivity contribution < 1.29 is 27.9 Å². The fraction of sp³-hybridized carbons (Fsp3) is 0.273. The Morgan fingerprint density at radius 2 is 1.79 bits per heavy atom. The van der Waals surface area contributed by atoms with Crippen LogP contribution in [0.15, 0.2) is 18.2 Å². The van der Waals surface area contributed by atoms with Crippen LogP contribution in [0.4, 0.5) is 0 Å². The Kier molecular flexibility index (Phi) is 4.28. The van der Waals surface area contributed by atoms with Gasteiger partial charge >= 0.3 is 11.9 Å². The highest BCUT2D eigenvalue weighted by atomic mass is 32.2. The van der Waals surface area contributed by atoms with E-state index in [1.54, 1.807) is 0 Å². The number of rotatable bonds is 4. The number of sulfone groups is 1. The molecule has 1 unspecified atom stereocenters. The number of carbonyl (C=O) groups is 2. The van der Waals surface area contributed by atoms with Crippen molar-refractivity contribution in [1.29, 1.82) is 0 Å². The van der Waals surface area contributed by atoms with Crippen molar-refractivity contribution in [2.45, 2.75) is 5.37 Å². The lowest BCUT2D eigenvalue weighted by molar-refractivity contribution is 0.0600. The summed E-state index contributed by atoms with van der Waals surface area (Å²) in [5, 5.41) is 7.52. The standard InChI is InChI=1S/C11H13NO6S/c1-18-11(15)8-4-6(9(12)19(2,16)17)3-7(5-8)10(13)14/h3-5,9H,12H2,1-2H3,(H,13,14). The normalized spacial score (nSPS) is 12.8. The summed E-state index contributed by atoms with van der Waals surface area (Å²) in [5.74, 6) is -2.07. The van der Waals surface area contributed by atoms with Crippen molar-refractivity contribution in [3.63, 3.8) is 0 Å². The average molecular weight is 287 g/mol. The van der Waals surface area contributed by atoms with Gasteiger partial charge < -0.3 is 15.6 Å². The van der Waals surface area contributed by atoms with Gasteiger partial charge in [-0.15, -0.1) is 0 Å². The van der Waals surface area contributed by atoms with Gasteiger partial charge in [-0.3, -0.25) is 0 Å². The molecule has 0 aliphatic rings. The molecular formula is C11H13NO6S. The fourth-order valence-corrected chi connectivity index (χ4v) is 2.05. The van der Waals surface area contributed by atoms with E-state index in [0.717, 1.165) is 25.5 Å². The molecule has 0 saturated heterocycles. The second-order valence-electron chi connectivity index (χ2n) is 3.89. The molecule has 1 atom stereocenters. The molecule has 3 N–H and O–H groups in total. The number of nitrogens with two attached hydrogens (primary N) is 1. The molecule has 0 saturated carbocycles. The summed E-state index contributed by atoms with van der Waals surface area (Å²) < 4.78 is 27.2. The minimum atomic E-state index is -3.61. The van der Waals surface area contributed by atoms with Crippen LogP contribution in [-0.2, 0) is 14.6 Å². The summed E-state index contributed by atoms with van der Waals surface area (Å²) in [4.78, 5) is 22.4. The number of ether oxygens (including phenoxy) is 1. The van der Waals surface area contributed by atoms with Gasteiger partial charge in [-0.25, -0.2) is 18.0 Å². The maximum Gasteiger partial charge on any atom is 0.337 e. The van der Waals surface area contributed by atoms with E-state index in [9.17, 15) is 18.0 Å². The number of esters is 1. The number of carboxylic acids is 1. The van der Waals surface area contributed by atoms with Crippen molar-refractivity contribution in [1.82, 2.24) is 0 Å². The van der Waals surface area contributed by atoms with E-state index in [1.807, 2.05) is 0 Å². The highest BCUT2D eigenvalue weighted by Gasteiger charge is 2.21. The Balaban J connectivity index is 3.44. The van der Waals surface area contributed by atoms with Gasteiger partial charge in [0.2, 0.25) is 0 Å². The monoisotopic (exact) mass is 287 g/mol. The molecule has 0 aliphatic heterocycles. The lowest BCUT2D eigenvalue weighted by Crippen LogP contribution is -2.21. The van der Waals surface area contributed by atoms with E-state index >= 15 is 0 Å². The lowest BCUT2D eigenvalue weighted by Gasteiger charge is -2.12. The molecule has 0 aliphatic carbocycles. The smallest absolute Gasteiger partial charge is 0.337 e. The van der Waals surface area contributed by atoms with Crippen molar-refractivity contribution in [3.8, 4) is 0 Å². The van der Waals surface area contributed by atoms with Gasteiger partial charge in [0, 0.05) is 6.26 Å². The van der Waals surface area contributed by atoms with E-state index in [2.05, 4.69) is 4.74 Å². The highest BCUT2D eigenvalue weighted by molar-refractivity contribution is 7.90. The van der Waals surface area contributed by atoms with E-state index in [1.165, 1.54) is 6.07 Å². The zero-order valence-corrected chi connectivity index (χ0v) is 11.1. The molecule has 0 amide bonds. The second kappa shape index (κ2) is 5.37. The molecule has 0 heterocycles. The topological polar surface area (TPSA) is 124 Å². The molecule has 0 bridgehead atoms. The Labute approximate surface area is 109 Å². The van der Waals surface area contributed by atoms with Gasteiger partial charge in [-0.2, -0.15) is 0 Å². The first-order chi connectivity index (χ1) is 8.66. The Bertz CT molecular complexity index is 622. The number of methoxy groups -OCH3 is 1. The number of carboxylic acid groups (broad SMARTS) is 1. The average Bonchev–Trinajstić information content (AvgIpc) is 2.35. The zero-order valence-electron chi connectivity index (χ0n) is 10.3. The molecule has 104 valence electrons. The molecule has 0 fully saturated rings. The first-order valence-corrected chi connectivity index (χ1v) is 7.03. The third-order valence-corrected chi connectivity index (χ3v) is 3.61. The first kappa shape index (κ1) is 15.1. The number of hydrogen-bond donors (Lipinski definition) is 2. The van der Waals surface area contributed by atoms with E-state index in [4.69, 9.17) is 10.8 Å². The highest BCUT2D eigenvalue weighted by Crippen LogP contribution is 2.20. The summed E-state index contributed by atoms with van der Waals surface area (Å²) >= 11 is 0. The quantitative estimate of drug-likeness (QED) is 0.756. The van der Waals surface area contributed by atoms with Crippen LogP contribution in [0, 0.1) is 0 Å². The first-order valence-electron chi connectivity index (χ1n) is 5.08. The van der Waals surface area contributed by atoms with Gasteiger partial charge in [-0.1, -0.05) is 0 Å². The van der Waals surface area contributed by atoms with Crippen molar-refractivity contribution in [3.05, 3.63) is 34.9 Å². The summed E-state index contributed by atoms with van der Waals surface area (Å²) in [6.07, 6.45) is 0.920. The van der Waals surface area contributed by atoms with Crippen LogP contribution in [0.25, 0.3) is 0 Å². The number of aromatic carboxylic acids is 1. The minimum Gasteiger partial charge on any atom is -0.478 e. The maximum atomic E-state index is 11.4. The van der Waals surface area contributed by atoms with Gasteiger partial charge in [0.25, 0.3) is 0 Å². The van der Waals surface area contributed by atoms with Crippen molar-refractivity contribution in [2.75, 3.05) is 13.4 Å². The number of carbonyl (C=O) groups excluding carboxylic acids is 1. The van der Waals surface area contributed by atoms with Crippen LogP contribution >= 0.6 is 0 Å². The molecule has 19 heavy (non-hydrogen) atoms. The van der Waals surface area contributed by atoms with Gasteiger partial charge in [-0.05, 0) is 23.8 Å². The van der Waals surface area contributed by atoms with Crippen molar-refractivity contribution in [2.24, 2.45) is 5.73 Å². The summed E-state index contributed by atoms with van der Waals surface area (Å²) in [5.41, 5.74) is 5.22. The minimum absolute atomic E-state index is 0.0165. The molecule has 7 nitrogen and oxygen atoms in total. The maximum absolute atomic E-state index is 11.4. The third-order valence-electron chi connectivity index (χ3n) is 2.41. The molecule has 0 spiro atoms. The summed E-state index contributed by atoms with van der Waals surface area (Å²) in [6, 6.07) is 3.40. The molecular weight excluding hydrogens is 274 g/mol. The molecule has 0 aromatic heterocycles. The van der Waals surface area contributed by atoms with Gasteiger partial charge in [0.05, 0.1) is 18.2 Å². The van der Waals surface area contributed by atoms with Crippen LogP contribution in [0.2, 0.25) is 0 Å². The van der Waals surface area contributed by atoms with E-state index < -0.39 is 27.1 Å². The van der Waals surface area contributed by atoms with E-state index in [0.29, 0.717) is 0 Å². The molecule has 1 aromatic rings. The SMILES string of the molecule is COC(=O)c1cc(C(=O)O)cc(C(N)S(C)(=O)=O)c1. The molecule has 1 rings (SSSR count). The Morgan fingerprint density at radius 3 is 2.21 bits per heavy atom. The van der Waals surface area contributed by atoms with Gasteiger partial charge in [0.1, 0.15) is 5.37 Å². The van der Waals surface area contributed by atoms with E-state index in [-0.39, 0.29) is 16.7 Å². The Morgan fingerprint density at radius 1 is 1.26 bits per heavy atom. The molecule has 8 heteroatoms. The summed E-state index contributed by atoms with van der Waals surface area (Å²) in [7, 11) is -2.48. The van der Waals surface area contributed by atoms with Gasteiger partial charge in [0.15, 0.2) is 9.84 Å². The largest absolute Gasteiger partial charge is 0.478 e. The summed E-state index contributed by atoms with van der Waals surface area (Å²) in [6.45, 7) is 0. The molecule has 1 aromatic carbocycles. The lowest BCUT2D eigenvalue weighted by atomic mass is 10.1. The van der Waals surface area contributed by atoms with Crippen molar-refractivity contribution >= 4 is 21.8 Å². The zero-order chi connectivity index (χ0) is 14.8. The number of hydrogen-bond acceptors (Lipinski definition) is 6. The van der Waals surface area contributed by atoms with Crippen LogP contribution in [0.1, 0.15) is 31.7 Å². The van der Waals surface area contributed by atoms with Crippen LogP contribution < -0.4 is 5.73 Å². The van der Waals surface area contributed by atoms with Crippen LogP contribution in [0.5, 0.6) is 0 Å².